The Bertz CT molecular complexity index is 537. The standard InChI is InChI=1S/C12H9BrN2OS/c13-10-5-2-1-4-9(10)8-14-15-12(16)11-6-3-7-17-11/h1-8H,(H,15,16)/b14-8+. The molecule has 2 aromatic rings. The van der Waals surface area contributed by atoms with E-state index in [2.05, 4.69) is 26.5 Å². The summed E-state index contributed by atoms with van der Waals surface area (Å²) >= 11 is 4.79. The summed E-state index contributed by atoms with van der Waals surface area (Å²) in [6.45, 7) is 0. The first-order valence-corrected chi connectivity index (χ1v) is 6.56. The van der Waals surface area contributed by atoms with E-state index in [4.69, 9.17) is 0 Å². The molecule has 0 fully saturated rings. The van der Waals surface area contributed by atoms with Gasteiger partial charge in [0.2, 0.25) is 0 Å². The summed E-state index contributed by atoms with van der Waals surface area (Å²) in [5.41, 5.74) is 3.40. The molecule has 0 saturated carbocycles. The molecule has 2 rings (SSSR count). The van der Waals surface area contributed by atoms with Crippen LogP contribution in [0.5, 0.6) is 0 Å². The number of carbonyl (C=O) groups excluding carboxylic acids is 1. The van der Waals surface area contributed by atoms with Crippen LogP contribution >= 0.6 is 27.3 Å². The van der Waals surface area contributed by atoms with Crippen LogP contribution in [0.2, 0.25) is 0 Å². The quantitative estimate of drug-likeness (QED) is 0.686. The number of nitrogens with zero attached hydrogens (tertiary/aromatic N) is 1. The van der Waals surface area contributed by atoms with Gasteiger partial charge in [0.25, 0.3) is 5.91 Å². The molecule has 1 heterocycles. The number of benzene rings is 1. The van der Waals surface area contributed by atoms with Crippen LogP contribution in [-0.2, 0) is 0 Å². The number of hydrogen-bond donors (Lipinski definition) is 1. The molecular formula is C12H9BrN2OS. The second kappa shape index (κ2) is 5.75. The third kappa shape index (κ3) is 3.25. The molecule has 1 aromatic carbocycles. The molecule has 0 saturated heterocycles. The van der Waals surface area contributed by atoms with Gasteiger partial charge in [0, 0.05) is 10.0 Å². The molecule has 0 spiro atoms. The Morgan fingerprint density at radius 1 is 1.29 bits per heavy atom. The van der Waals surface area contributed by atoms with E-state index >= 15 is 0 Å². The fraction of sp³-hybridized carbons (Fsp3) is 0. The van der Waals surface area contributed by atoms with Crippen molar-refractivity contribution in [3.63, 3.8) is 0 Å². The van der Waals surface area contributed by atoms with Crippen molar-refractivity contribution < 1.29 is 4.79 Å². The number of hydrogen-bond acceptors (Lipinski definition) is 3. The smallest absolute Gasteiger partial charge is 0.266 e. The topological polar surface area (TPSA) is 41.5 Å². The molecule has 0 aliphatic rings. The molecule has 3 nitrogen and oxygen atoms in total. The molecule has 0 atom stereocenters. The van der Waals surface area contributed by atoms with Gasteiger partial charge in [-0.15, -0.1) is 11.3 Å². The van der Waals surface area contributed by atoms with E-state index in [0.717, 1.165) is 10.0 Å². The molecule has 0 radical (unpaired) electrons. The van der Waals surface area contributed by atoms with Crippen LogP contribution in [0.15, 0.2) is 51.4 Å². The van der Waals surface area contributed by atoms with Crippen LogP contribution in [0.1, 0.15) is 15.2 Å². The Labute approximate surface area is 111 Å². The second-order valence-corrected chi connectivity index (χ2v) is 5.00. The summed E-state index contributed by atoms with van der Waals surface area (Å²) in [6.07, 6.45) is 1.61. The SMILES string of the molecule is O=C(N/N=C/c1ccccc1Br)c1cccs1. The van der Waals surface area contributed by atoms with E-state index in [9.17, 15) is 4.79 Å². The minimum Gasteiger partial charge on any atom is -0.266 e. The fourth-order valence-electron chi connectivity index (χ4n) is 1.20. The first kappa shape index (κ1) is 12.0. The van der Waals surface area contributed by atoms with Crippen molar-refractivity contribution in [2.24, 2.45) is 5.10 Å². The Morgan fingerprint density at radius 3 is 2.82 bits per heavy atom. The number of hydrazone groups is 1. The van der Waals surface area contributed by atoms with Gasteiger partial charge in [-0.3, -0.25) is 4.79 Å². The van der Waals surface area contributed by atoms with Crippen molar-refractivity contribution in [3.05, 3.63) is 56.7 Å². The normalized spacial score (nSPS) is 10.6. The van der Waals surface area contributed by atoms with E-state index in [1.165, 1.54) is 11.3 Å². The van der Waals surface area contributed by atoms with Crippen molar-refractivity contribution in [1.82, 2.24) is 5.43 Å². The Morgan fingerprint density at radius 2 is 2.12 bits per heavy atom. The van der Waals surface area contributed by atoms with Gasteiger partial charge in [0.05, 0.1) is 11.1 Å². The number of amides is 1. The van der Waals surface area contributed by atoms with Gasteiger partial charge in [0.1, 0.15) is 0 Å². The van der Waals surface area contributed by atoms with Crippen molar-refractivity contribution in [2.45, 2.75) is 0 Å². The average molecular weight is 309 g/mol. The number of rotatable bonds is 3. The van der Waals surface area contributed by atoms with Crippen molar-refractivity contribution in [3.8, 4) is 0 Å². The number of thiophene rings is 1. The lowest BCUT2D eigenvalue weighted by atomic mass is 10.2. The molecule has 1 N–H and O–H groups in total. The van der Waals surface area contributed by atoms with E-state index in [-0.39, 0.29) is 5.91 Å². The highest BCUT2D eigenvalue weighted by molar-refractivity contribution is 9.10. The average Bonchev–Trinajstić information content (AvgIpc) is 2.85. The largest absolute Gasteiger partial charge is 0.281 e. The third-order valence-electron chi connectivity index (χ3n) is 2.02. The maximum Gasteiger partial charge on any atom is 0.281 e. The van der Waals surface area contributed by atoms with Crippen molar-refractivity contribution in [2.75, 3.05) is 0 Å². The molecule has 5 heteroatoms. The molecule has 0 aliphatic heterocycles. The predicted molar refractivity (Wildman–Crippen MR) is 73.5 cm³/mol. The van der Waals surface area contributed by atoms with Gasteiger partial charge in [0.15, 0.2) is 0 Å². The van der Waals surface area contributed by atoms with Gasteiger partial charge in [-0.25, -0.2) is 5.43 Å². The van der Waals surface area contributed by atoms with Crippen molar-refractivity contribution >= 4 is 39.4 Å². The minimum atomic E-state index is -0.191. The summed E-state index contributed by atoms with van der Waals surface area (Å²) in [4.78, 5) is 12.2. The monoisotopic (exact) mass is 308 g/mol. The molecule has 1 amide bonds. The molecule has 17 heavy (non-hydrogen) atoms. The minimum absolute atomic E-state index is 0.191. The first-order valence-electron chi connectivity index (χ1n) is 4.89. The zero-order valence-corrected chi connectivity index (χ0v) is 11.2. The van der Waals surface area contributed by atoms with Crippen LogP contribution < -0.4 is 5.43 Å². The zero-order valence-electron chi connectivity index (χ0n) is 8.76. The van der Waals surface area contributed by atoms with Gasteiger partial charge in [-0.2, -0.15) is 5.10 Å². The van der Waals surface area contributed by atoms with E-state index < -0.39 is 0 Å². The van der Waals surface area contributed by atoms with Crippen molar-refractivity contribution in [1.29, 1.82) is 0 Å². The van der Waals surface area contributed by atoms with E-state index in [1.807, 2.05) is 35.7 Å². The van der Waals surface area contributed by atoms with Crippen LogP contribution in [0, 0.1) is 0 Å². The lowest BCUT2D eigenvalue weighted by Crippen LogP contribution is -2.16. The summed E-state index contributed by atoms with van der Waals surface area (Å²) in [6, 6.07) is 11.2. The highest BCUT2D eigenvalue weighted by Gasteiger charge is 2.03. The Kier molecular flexibility index (Phi) is 4.06. The van der Waals surface area contributed by atoms with Crippen LogP contribution in [0.25, 0.3) is 0 Å². The van der Waals surface area contributed by atoms with Crippen LogP contribution in [0.3, 0.4) is 0 Å². The summed E-state index contributed by atoms with van der Waals surface area (Å²) in [5.74, 6) is -0.191. The molecular weight excluding hydrogens is 300 g/mol. The molecule has 1 aromatic heterocycles. The predicted octanol–water partition coefficient (Wildman–Crippen LogP) is 3.27. The summed E-state index contributed by atoms with van der Waals surface area (Å²) in [7, 11) is 0. The maximum atomic E-state index is 11.6. The first-order chi connectivity index (χ1) is 8.27. The number of halogens is 1. The molecule has 0 bridgehead atoms. The summed E-state index contributed by atoms with van der Waals surface area (Å²) in [5, 5.41) is 5.76. The fourth-order valence-corrected chi connectivity index (χ4v) is 2.20. The van der Waals surface area contributed by atoms with Gasteiger partial charge >= 0.3 is 0 Å². The molecule has 0 unspecified atom stereocenters. The Hall–Kier alpha value is -1.46. The lowest BCUT2D eigenvalue weighted by molar-refractivity contribution is 0.0959. The van der Waals surface area contributed by atoms with Crippen LogP contribution in [-0.4, -0.2) is 12.1 Å². The van der Waals surface area contributed by atoms with E-state index in [0.29, 0.717) is 4.88 Å². The second-order valence-electron chi connectivity index (χ2n) is 3.20. The van der Waals surface area contributed by atoms with Gasteiger partial charge < -0.3 is 0 Å². The number of carbonyl (C=O) groups is 1. The summed E-state index contributed by atoms with van der Waals surface area (Å²) < 4.78 is 0.939. The zero-order chi connectivity index (χ0) is 12.1. The Balaban J connectivity index is 1.99. The highest BCUT2D eigenvalue weighted by Crippen LogP contribution is 2.13. The maximum absolute atomic E-state index is 11.6. The lowest BCUT2D eigenvalue weighted by Gasteiger charge is -1.97. The molecule has 86 valence electrons. The van der Waals surface area contributed by atoms with Crippen LogP contribution in [0.4, 0.5) is 0 Å². The third-order valence-corrected chi connectivity index (χ3v) is 3.61. The highest BCUT2D eigenvalue weighted by atomic mass is 79.9. The number of nitrogens with one attached hydrogen (secondary N) is 1. The van der Waals surface area contributed by atoms with E-state index in [1.54, 1.807) is 12.3 Å². The van der Waals surface area contributed by atoms with Gasteiger partial charge in [-0.1, -0.05) is 40.2 Å². The molecule has 0 aliphatic carbocycles. The van der Waals surface area contributed by atoms with Gasteiger partial charge in [-0.05, 0) is 17.5 Å².